The van der Waals surface area contributed by atoms with E-state index in [1.54, 1.807) is 7.11 Å². The number of anilines is 1. The molecule has 1 aliphatic heterocycles. The van der Waals surface area contributed by atoms with Crippen molar-refractivity contribution in [1.82, 2.24) is 5.32 Å². The van der Waals surface area contributed by atoms with E-state index in [9.17, 15) is 4.79 Å². The number of nitrogens with one attached hydrogen (secondary N) is 2. The Morgan fingerprint density at radius 2 is 2.27 bits per heavy atom. The van der Waals surface area contributed by atoms with Crippen LogP contribution < -0.4 is 15.4 Å². The van der Waals surface area contributed by atoms with E-state index in [0.717, 1.165) is 23.4 Å². The monoisotopic (exact) mass is 206 g/mol. The van der Waals surface area contributed by atoms with Crippen LogP contribution in [0.15, 0.2) is 18.2 Å². The van der Waals surface area contributed by atoms with Crippen molar-refractivity contribution in [3.63, 3.8) is 0 Å². The molecule has 2 rings (SSSR count). The lowest BCUT2D eigenvalue weighted by molar-refractivity contribution is 0.247. The summed E-state index contributed by atoms with van der Waals surface area (Å²) in [4.78, 5) is 11.3. The zero-order valence-electron chi connectivity index (χ0n) is 8.83. The molecule has 0 radical (unpaired) electrons. The van der Waals surface area contributed by atoms with Gasteiger partial charge in [-0.2, -0.15) is 0 Å². The average Bonchev–Trinajstić information content (AvgIpc) is 2.26. The van der Waals surface area contributed by atoms with E-state index < -0.39 is 0 Å². The molecule has 1 atom stereocenters. The minimum atomic E-state index is -0.150. The van der Waals surface area contributed by atoms with Crippen LogP contribution in [0, 0.1) is 0 Å². The summed E-state index contributed by atoms with van der Waals surface area (Å²) in [6.45, 7) is 2.05. The lowest BCUT2D eigenvalue weighted by atomic mass is 10.0. The SMILES string of the molecule is CCC1NC(=O)Nc2cc(OC)ccc21. The molecule has 4 nitrogen and oxygen atoms in total. The van der Waals surface area contributed by atoms with Crippen LogP contribution in [-0.4, -0.2) is 13.1 Å². The Labute approximate surface area is 88.6 Å². The van der Waals surface area contributed by atoms with E-state index in [1.165, 1.54) is 0 Å². The molecule has 1 aromatic carbocycles. The van der Waals surface area contributed by atoms with Crippen LogP contribution in [-0.2, 0) is 0 Å². The van der Waals surface area contributed by atoms with E-state index in [0.29, 0.717) is 0 Å². The Kier molecular flexibility index (Phi) is 2.49. The molecule has 1 heterocycles. The van der Waals surface area contributed by atoms with E-state index in [1.807, 2.05) is 25.1 Å². The van der Waals surface area contributed by atoms with Crippen LogP contribution in [0.5, 0.6) is 5.75 Å². The van der Waals surface area contributed by atoms with E-state index >= 15 is 0 Å². The Hall–Kier alpha value is -1.71. The molecule has 0 saturated heterocycles. The number of benzene rings is 1. The predicted octanol–water partition coefficient (Wildman–Crippen LogP) is 2.28. The van der Waals surface area contributed by atoms with Gasteiger partial charge in [0.05, 0.1) is 18.8 Å². The molecule has 0 saturated carbocycles. The van der Waals surface area contributed by atoms with E-state index in [-0.39, 0.29) is 12.1 Å². The number of hydrogen-bond acceptors (Lipinski definition) is 2. The molecule has 15 heavy (non-hydrogen) atoms. The first-order valence-corrected chi connectivity index (χ1v) is 5.00. The average molecular weight is 206 g/mol. The fourth-order valence-corrected chi connectivity index (χ4v) is 1.79. The molecule has 0 aliphatic carbocycles. The van der Waals surface area contributed by atoms with Crippen molar-refractivity contribution >= 4 is 11.7 Å². The number of fused-ring (bicyclic) bond motifs is 1. The third-order valence-corrected chi connectivity index (χ3v) is 2.60. The molecule has 80 valence electrons. The lowest BCUT2D eigenvalue weighted by Crippen LogP contribution is -2.37. The molecule has 1 aliphatic rings. The van der Waals surface area contributed by atoms with Gasteiger partial charge in [0, 0.05) is 6.07 Å². The second kappa shape index (κ2) is 3.81. The molecule has 4 heteroatoms. The first-order valence-electron chi connectivity index (χ1n) is 5.00. The van der Waals surface area contributed by atoms with Crippen molar-refractivity contribution < 1.29 is 9.53 Å². The summed E-state index contributed by atoms with van der Waals surface area (Å²) in [5, 5.41) is 5.64. The molecular weight excluding hydrogens is 192 g/mol. The summed E-state index contributed by atoms with van der Waals surface area (Å²) in [5.41, 5.74) is 1.95. The molecule has 1 unspecified atom stereocenters. The topological polar surface area (TPSA) is 50.4 Å². The van der Waals surface area contributed by atoms with Crippen LogP contribution in [0.1, 0.15) is 24.9 Å². The van der Waals surface area contributed by atoms with Gasteiger partial charge in [0.2, 0.25) is 0 Å². The third-order valence-electron chi connectivity index (χ3n) is 2.60. The number of urea groups is 1. The number of carbonyl (C=O) groups excluding carboxylic acids is 1. The Morgan fingerprint density at radius 3 is 2.93 bits per heavy atom. The summed E-state index contributed by atoms with van der Waals surface area (Å²) < 4.78 is 5.11. The zero-order valence-corrected chi connectivity index (χ0v) is 8.83. The molecule has 2 amide bonds. The smallest absolute Gasteiger partial charge is 0.319 e. The van der Waals surface area contributed by atoms with Crippen molar-refractivity contribution in [1.29, 1.82) is 0 Å². The number of hydrogen-bond donors (Lipinski definition) is 2. The standard InChI is InChI=1S/C11H14N2O2/c1-3-9-8-5-4-7(15-2)6-10(8)13-11(14)12-9/h4-6,9H,3H2,1-2H3,(H2,12,13,14). The third kappa shape index (κ3) is 1.75. The summed E-state index contributed by atoms with van der Waals surface area (Å²) in [6.07, 6.45) is 0.882. The first kappa shape index (κ1) is 9.83. The normalized spacial score (nSPS) is 18.8. The highest BCUT2D eigenvalue weighted by Crippen LogP contribution is 2.31. The highest BCUT2D eigenvalue weighted by Gasteiger charge is 2.22. The van der Waals surface area contributed by atoms with Gasteiger partial charge in [0.1, 0.15) is 5.75 Å². The molecule has 0 aromatic heterocycles. The second-order valence-electron chi connectivity index (χ2n) is 3.51. The highest BCUT2D eigenvalue weighted by molar-refractivity contribution is 5.93. The lowest BCUT2D eigenvalue weighted by Gasteiger charge is -2.26. The van der Waals surface area contributed by atoms with Gasteiger partial charge in [0.15, 0.2) is 0 Å². The van der Waals surface area contributed by atoms with Crippen LogP contribution in [0.2, 0.25) is 0 Å². The second-order valence-corrected chi connectivity index (χ2v) is 3.51. The fourth-order valence-electron chi connectivity index (χ4n) is 1.79. The maximum absolute atomic E-state index is 11.3. The van der Waals surface area contributed by atoms with Gasteiger partial charge < -0.3 is 15.4 Å². The van der Waals surface area contributed by atoms with Gasteiger partial charge in [-0.1, -0.05) is 13.0 Å². The van der Waals surface area contributed by atoms with Gasteiger partial charge in [-0.3, -0.25) is 0 Å². The Bertz CT molecular complexity index is 390. The molecule has 0 fully saturated rings. The largest absolute Gasteiger partial charge is 0.497 e. The van der Waals surface area contributed by atoms with Gasteiger partial charge in [0.25, 0.3) is 0 Å². The number of ether oxygens (including phenoxy) is 1. The van der Waals surface area contributed by atoms with Crippen LogP contribution in [0.25, 0.3) is 0 Å². The molecular formula is C11H14N2O2. The molecule has 2 N–H and O–H groups in total. The van der Waals surface area contributed by atoms with Gasteiger partial charge in [-0.25, -0.2) is 4.79 Å². The predicted molar refractivity (Wildman–Crippen MR) is 58.2 cm³/mol. The molecule has 0 bridgehead atoms. The molecule has 1 aromatic rings. The van der Waals surface area contributed by atoms with Crippen LogP contribution in [0.4, 0.5) is 10.5 Å². The maximum Gasteiger partial charge on any atom is 0.319 e. The number of amides is 2. The van der Waals surface area contributed by atoms with Crippen molar-refractivity contribution in [2.24, 2.45) is 0 Å². The number of rotatable bonds is 2. The molecule has 0 spiro atoms. The maximum atomic E-state index is 11.3. The Balaban J connectivity index is 2.41. The minimum absolute atomic E-state index is 0.0969. The van der Waals surface area contributed by atoms with Crippen molar-refractivity contribution in [2.45, 2.75) is 19.4 Å². The highest BCUT2D eigenvalue weighted by atomic mass is 16.5. The first-order chi connectivity index (χ1) is 7.24. The summed E-state index contributed by atoms with van der Waals surface area (Å²) in [5.74, 6) is 0.755. The number of carbonyl (C=O) groups is 1. The summed E-state index contributed by atoms with van der Waals surface area (Å²) in [6, 6.07) is 5.67. The van der Waals surface area contributed by atoms with Gasteiger partial charge in [-0.15, -0.1) is 0 Å². The van der Waals surface area contributed by atoms with E-state index in [4.69, 9.17) is 4.74 Å². The van der Waals surface area contributed by atoms with Crippen molar-refractivity contribution in [2.75, 3.05) is 12.4 Å². The van der Waals surface area contributed by atoms with Gasteiger partial charge >= 0.3 is 6.03 Å². The number of methoxy groups -OCH3 is 1. The summed E-state index contributed by atoms with van der Waals surface area (Å²) in [7, 11) is 1.61. The van der Waals surface area contributed by atoms with E-state index in [2.05, 4.69) is 10.6 Å². The quantitative estimate of drug-likeness (QED) is 0.780. The van der Waals surface area contributed by atoms with Crippen LogP contribution >= 0.6 is 0 Å². The Morgan fingerprint density at radius 1 is 1.47 bits per heavy atom. The minimum Gasteiger partial charge on any atom is -0.497 e. The fraction of sp³-hybridized carbons (Fsp3) is 0.364. The van der Waals surface area contributed by atoms with Gasteiger partial charge in [-0.05, 0) is 18.1 Å². The summed E-state index contributed by atoms with van der Waals surface area (Å²) >= 11 is 0. The van der Waals surface area contributed by atoms with Crippen LogP contribution in [0.3, 0.4) is 0 Å². The van der Waals surface area contributed by atoms with Crippen molar-refractivity contribution in [3.05, 3.63) is 23.8 Å². The zero-order chi connectivity index (χ0) is 10.8. The van der Waals surface area contributed by atoms with Crippen molar-refractivity contribution in [3.8, 4) is 5.75 Å².